The number of benzene rings is 1. The molecule has 0 atom stereocenters. The number of piperidine rings is 1. The summed E-state index contributed by atoms with van der Waals surface area (Å²) in [6.45, 7) is 6.26. The molecule has 0 spiro atoms. The lowest BCUT2D eigenvalue weighted by Crippen LogP contribution is -2.41. The Morgan fingerprint density at radius 2 is 1.92 bits per heavy atom. The van der Waals surface area contributed by atoms with E-state index in [2.05, 4.69) is 31.1 Å². The Balaban J connectivity index is 1.54. The van der Waals surface area contributed by atoms with E-state index in [1.165, 1.54) is 5.56 Å². The number of hydrogen-bond acceptors (Lipinski definition) is 3. The molecule has 3 rings (SSSR count). The summed E-state index contributed by atoms with van der Waals surface area (Å²) in [5.74, 6) is 0.338. The summed E-state index contributed by atoms with van der Waals surface area (Å²) in [4.78, 5) is 14.8. The molecule has 5 nitrogen and oxygen atoms in total. The number of rotatable bonds is 5. The Morgan fingerprint density at radius 1 is 1.24 bits per heavy atom. The maximum absolute atomic E-state index is 12.9. The second-order valence-electron chi connectivity index (χ2n) is 7.04. The third-order valence-electron chi connectivity index (χ3n) is 4.69. The first-order chi connectivity index (χ1) is 12.0. The zero-order valence-corrected chi connectivity index (χ0v) is 15.3. The number of aryl methyl sites for hydroxylation is 1. The Morgan fingerprint density at radius 3 is 2.56 bits per heavy atom. The first-order valence-corrected chi connectivity index (χ1v) is 9.03. The largest absolute Gasteiger partial charge is 0.373 e. The van der Waals surface area contributed by atoms with Crippen LogP contribution >= 0.6 is 0 Å². The van der Waals surface area contributed by atoms with Gasteiger partial charge >= 0.3 is 0 Å². The predicted molar refractivity (Wildman–Crippen MR) is 97.5 cm³/mol. The molecule has 0 N–H and O–H groups in total. The van der Waals surface area contributed by atoms with E-state index >= 15 is 0 Å². The fourth-order valence-corrected chi connectivity index (χ4v) is 3.28. The van der Waals surface area contributed by atoms with Crippen LogP contribution < -0.4 is 0 Å². The highest BCUT2D eigenvalue weighted by Crippen LogP contribution is 2.22. The zero-order valence-electron chi connectivity index (χ0n) is 15.3. The summed E-state index contributed by atoms with van der Waals surface area (Å²) in [6, 6.07) is 10.2. The Labute approximate surface area is 149 Å². The van der Waals surface area contributed by atoms with E-state index in [1.54, 1.807) is 4.68 Å². The molecule has 134 valence electrons. The summed E-state index contributed by atoms with van der Waals surface area (Å²) in [5.41, 5.74) is 2.81. The molecule has 5 heteroatoms. The number of carbonyl (C=O) groups excluding carboxylic acids is 1. The van der Waals surface area contributed by atoms with Crippen LogP contribution in [-0.2, 0) is 18.4 Å². The van der Waals surface area contributed by atoms with Crippen LogP contribution in [0.2, 0.25) is 0 Å². The highest BCUT2D eigenvalue weighted by molar-refractivity contribution is 5.95. The number of amides is 1. The van der Waals surface area contributed by atoms with Gasteiger partial charge in [0.15, 0.2) is 0 Å². The molecule has 2 heterocycles. The van der Waals surface area contributed by atoms with Gasteiger partial charge in [-0.3, -0.25) is 9.48 Å². The SMILES string of the molecule is CC(C)c1nn(C)cc1C(=O)N1CCC(OCc2ccccc2)CC1. The number of ether oxygens (including phenoxy) is 1. The van der Waals surface area contributed by atoms with Gasteiger partial charge in [0.2, 0.25) is 0 Å². The minimum Gasteiger partial charge on any atom is -0.373 e. The number of likely N-dealkylation sites (tertiary alicyclic amines) is 1. The quantitative estimate of drug-likeness (QED) is 0.838. The van der Waals surface area contributed by atoms with Crippen LogP contribution in [0.15, 0.2) is 36.5 Å². The van der Waals surface area contributed by atoms with Crippen molar-refractivity contribution in [3.63, 3.8) is 0 Å². The molecule has 1 fully saturated rings. The summed E-state index contributed by atoms with van der Waals surface area (Å²) in [7, 11) is 1.87. The third-order valence-corrected chi connectivity index (χ3v) is 4.69. The summed E-state index contributed by atoms with van der Waals surface area (Å²) >= 11 is 0. The fraction of sp³-hybridized carbons (Fsp3) is 0.500. The van der Waals surface area contributed by atoms with Crippen LogP contribution in [0.3, 0.4) is 0 Å². The minimum atomic E-state index is 0.0957. The van der Waals surface area contributed by atoms with Crippen molar-refractivity contribution in [2.45, 2.75) is 45.3 Å². The van der Waals surface area contributed by atoms with E-state index in [4.69, 9.17) is 4.74 Å². The average molecular weight is 341 g/mol. The van der Waals surface area contributed by atoms with E-state index in [9.17, 15) is 4.79 Å². The molecular weight excluding hydrogens is 314 g/mol. The van der Waals surface area contributed by atoms with Gasteiger partial charge in [-0.2, -0.15) is 5.10 Å². The van der Waals surface area contributed by atoms with Crippen LogP contribution in [0.25, 0.3) is 0 Å². The molecule has 1 aromatic heterocycles. The smallest absolute Gasteiger partial charge is 0.257 e. The van der Waals surface area contributed by atoms with Crippen molar-refractivity contribution >= 4 is 5.91 Å². The van der Waals surface area contributed by atoms with Gasteiger partial charge in [0.25, 0.3) is 5.91 Å². The monoisotopic (exact) mass is 341 g/mol. The van der Waals surface area contributed by atoms with E-state index in [0.29, 0.717) is 6.61 Å². The van der Waals surface area contributed by atoms with Crippen LogP contribution in [0.1, 0.15) is 54.2 Å². The molecule has 0 saturated carbocycles. The zero-order chi connectivity index (χ0) is 17.8. The Bertz CT molecular complexity index is 701. The van der Waals surface area contributed by atoms with Crippen molar-refractivity contribution in [2.75, 3.05) is 13.1 Å². The molecule has 0 unspecified atom stereocenters. The van der Waals surface area contributed by atoms with Crippen molar-refractivity contribution in [3.8, 4) is 0 Å². The highest BCUT2D eigenvalue weighted by Gasteiger charge is 2.27. The molecule has 2 aromatic rings. The van der Waals surface area contributed by atoms with Crippen molar-refractivity contribution in [2.24, 2.45) is 7.05 Å². The van der Waals surface area contributed by atoms with Crippen LogP contribution in [0.5, 0.6) is 0 Å². The molecule has 0 bridgehead atoms. The average Bonchev–Trinajstić information content (AvgIpc) is 3.03. The Kier molecular flexibility index (Phi) is 5.53. The second kappa shape index (κ2) is 7.83. The molecule has 1 amide bonds. The fourth-order valence-electron chi connectivity index (χ4n) is 3.28. The van der Waals surface area contributed by atoms with E-state index in [0.717, 1.165) is 37.2 Å². The normalized spacial score (nSPS) is 15.8. The van der Waals surface area contributed by atoms with Crippen molar-refractivity contribution in [1.82, 2.24) is 14.7 Å². The third kappa shape index (κ3) is 4.28. The van der Waals surface area contributed by atoms with Crippen molar-refractivity contribution < 1.29 is 9.53 Å². The van der Waals surface area contributed by atoms with Crippen molar-refractivity contribution in [1.29, 1.82) is 0 Å². The standard InChI is InChI=1S/C20H27N3O2/c1-15(2)19-18(13-22(3)21-19)20(24)23-11-9-17(10-12-23)25-14-16-7-5-4-6-8-16/h4-8,13,15,17H,9-12,14H2,1-3H3. The topological polar surface area (TPSA) is 47.4 Å². The van der Waals surface area contributed by atoms with Crippen LogP contribution in [0, 0.1) is 0 Å². The second-order valence-corrected chi connectivity index (χ2v) is 7.04. The van der Waals surface area contributed by atoms with Gasteiger partial charge in [-0.1, -0.05) is 44.2 Å². The summed E-state index contributed by atoms with van der Waals surface area (Å²) in [6.07, 6.45) is 3.84. The number of nitrogens with zero attached hydrogens (tertiary/aromatic N) is 3. The maximum Gasteiger partial charge on any atom is 0.257 e. The summed E-state index contributed by atoms with van der Waals surface area (Å²) < 4.78 is 7.75. The molecule has 0 radical (unpaired) electrons. The molecule has 25 heavy (non-hydrogen) atoms. The molecule has 1 aromatic carbocycles. The molecule has 1 aliphatic heterocycles. The Hall–Kier alpha value is -2.14. The summed E-state index contributed by atoms with van der Waals surface area (Å²) in [5, 5.41) is 4.45. The van der Waals surface area contributed by atoms with Gasteiger partial charge in [0.05, 0.1) is 24.0 Å². The molecule has 1 aliphatic rings. The van der Waals surface area contributed by atoms with Crippen LogP contribution in [-0.4, -0.2) is 39.8 Å². The lowest BCUT2D eigenvalue weighted by Gasteiger charge is -2.32. The minimum absolute atomic E-state index is 0.0957. The highest BCUT2D eigenvalue weighted by atomic mass is 16.5. The van der Waals surface area contributed by atoms with Gasteiger partial charge < -0.3 is 9.64 Å². The number of aromatic nitrogens is 2. The van der Waals surface area contributed by atoms with Gasteiger partial charge in [-0.05, 0) is 24.3 Å². The van der Waals surface area contributed by atoms with Gasteiger partial charge in [0.1, 0.15) is 0 Å². The molecule has 1 saturated heterocycles. The van der Waals surface area contributed by atoms with Gasteiger partial charge in [0, 0.05) is 26.3 Å². The molecule has 0 aliphatic carbocycles. The number of hydrogen-bond donors (Lipinski definition) is 0. The lowest BCUT2D eigenvalue weighted by molar-refractivity contribution is -0.000410. The van der Waals surface area contributed by atoms with E-state index in [1.807, 2.05) is 36.3 Å². The first kappa shape index (κ1) is 17.7. The van der Waals surface area contributed by atoms with Crippen molar-refractivity contribution in [3.05, 3.63) is 53.3 Å². The van der Waals surface area contributed by atoms with Crippen LogP contribution in [0.4, 0.5) is 0 Å². The van der Waals surface area contributed by atoms with E-state index in [-0.39, 0.29) is 17.9 Å². The van der Waals surface area contributed by atoms with Gasteiger partial charge in [-0.25, -0.2) is 0 Å². The lowest BCUT2D eigenvalue weighted by atomic mass is 10.0. The predicted octanol–water partition coefficient (Wildman–Crippen LogP) is 3.36. The van der Waals surface area contributed by atoms with Gasteiger partial charge in [-0.15, -0.1) is 0 Å². The van der Waals surface area contributed by atoms with E-state index < -0.39 is 0 Å². The molecular formula is C20H27N3O2. The number of carbonyl (C=O) groups is 1. The maximum atomic E-state index is 12.9. The first-order valence-electron chi connectivity index (χ1n) is 9.03.